The molecule has 2 rings (SSSR count). The van der Waals surface area contributed by atoms with Gasteiger partial charge in [-0.3, -0.25) is 0 Å². The summed E-state index contributed by atoms with van der Waals surface area (Å²) in [5.41, 5.74) is 0.634. The number of hydrogen-bond donors (Lipinski definition) is 1. The van der Waals surface area contributed by atoms with Gasteiger partial charge in [0.1, 0.15) is 0 Å². The van der Waals surface area contributed by atoms with Crippen LogP contribution in [0.25, 0.3) is 0 Å². The highest BCUT2D eigenvalue weighted by Crippen LogP contribution is 2.45. The maximum Gasteiger partial charge on any atom is 0.192 e. The minimum absolute atomic E-state index is 0.0563. The van der Waals surface area contributed by atoms with Crippen molar-refractivity contribution in [2.24, 2.45) is 0 Å². The second-order valence-electron chi connectivity index (χ2n) is 3.84. The number of rotatable bonds is 2. The summed E-state index contributed by atoms with van der Waals surface area (Å²) < 4.78 is 0. The van der Waals surface area contributed by atoms with Crippen LogP contribution in [0.3, 0.4) is 0 Å². The maximum atomic E-state index is 10.5. The normalized spacial score (nSPS) is 14.2. The zero-order valence-electron chi connectivity index (χ0n) is 9.30. The average molecular weight is 356 g/mol. The van der Waals surface area contributed by atoms with Gasteiger partial charge in [-0.25, -0.2) is 0 Å². The molecule has 6 heteroatoms. The number of benzene rings is 2. The highest BCUT2D eigenvalue weighted by Gasteiger charge is 2.33. The van der Waals surface area contributed by atoms with Crippen molar-refractivity contribution in [3.63, 3.8) is 0 Å². The number of hydrogen-bond acceptors (Lipinski definition) is 1. The minimum Gasteiger partial charge on any atom is -0.367 e. The van der Waals surface area contributed by atoms with Crippen molar-refractivity contribution >= 4 is 58.0 Å². The highest BCUT2D eigenvalue weighted by atomic mass is 35.5. The Hall–Kier alpha value is -0.150. The van der Waals surface area contributed by atoms with Gasteiger partial charge in [-0.1, -0.05) is 88.3 Å². The van der Waals surface area contributed by atoms with Gasteiger partial charge in [0.05, 0.1) is 20.1 Å². The molecule has 0 aliphatic carbocycles. The molecule has 0 aromatic heterocycles. The van der Waals surface area contributed by atoms with E-state index in [2.05, 4.69) is 0 Å². The SMILES string of the molecule is OC(Cl)(c1ccccc1)c1cc(Cl)c(Cl)c(Cl)c1Cl. The molecule has 0 aliphatic rings. The van der Waals surface area contributed by atoms with Gasteiger partial charge in [0.2, 0.25) is 0 Å². The van der Waals surface area contributed by atoms with Crippen LogP contribution in [-0.4, -0.2) is 5.11 Å². The Morgan fingerprint density at radius 2 is 1.42 bits per heavy atom. The topological polar surface area (TPSA) is 20.2 Å². The number of aliphatic hydroxyl groups is 1. The van der Waals surface area contributed by atoms with Crippen molar-refractivity contribution in [1.82, 2.24) is 0 Å². The number of alkyl halides is 1. The first-order chi connectivity index (χ1) is 8.85. The fourth-order valence-corrected chi connectivity index (χ4v) is 2.89. The van der Waals surface area contributed by atoms with Crippen molar-refractivity contribution in [2.75, 3.05) is 0 Å². The Kier molecular flexibility index (Phi) is 4.56. The van der Waals surface area contributed by atoms with Crippen LogP contribution in [0.5, 0.6) is 0 Å². The van der Waals surface area contributed by atoms with Crippen LogP contribution >= 0.6 is 58.0 Å². The fraction of sp³-hybridized carbons (Fsp3) is 0.0769. The Morgan fingerprint density at radius 1 is 0.842 bits per heavy atom. The maximum absolute atomic E-state index is 10.5. The standard InChI is InChI=1S/C13H7Cl5O/c14-9-6-8(10(15)12(17)11(9)16)13(18,19)7-4-2-1-3-5-7/h1-6,19H. The average Bonchev–Trinajstić information content (AvgIpc) is 2.41. The van der Waals surface area contributed by atoms with Crippen LogP contribution < -0.4 is 0 Å². The van der Waals surface area contributed by atoms with Gasteiger partial charge in [-0.15, -0.1) is 0 Å². The zero-order chi connectivity index (χ0) is 14.2. The molecule has 0 aliphatic heterocycles. The molecule has 0 radical (unpaired) electrons. The largest absolute Gasteiger partial charge is 0.367 e. The van der Waals surface area contributed by atoms with Gasteiger partial charge in [0.25, 0.3) is 0 Å². The van der Waals surface area contributed by atoms with Crippen molar-refractivity contribution in [3.8, 4) is 0 Å². The van der Waals surface area contributed by atoms with Crippen molar-refractivity contribution in [3.05, 3.63) is 67.6 Å². The second-order valence-corrected chi connectivity index (χ2v) is 5.92. The van der Waals surface area contributed by atoms with Gasteiger partial charge in [0, 0.05) is 11.1 Å². The molecule has 0 fully saturated rings. The van der Waals surface area contributed by atoms with E-state index in [9.17, 15) is 5.11 Å². The van der Waals surface area contributed by atoms with Crippen LogP contribution in [0.1, 0.15) is 11.1 Å². The molecule has 2 aromatic carbocycles. The molecular formula is C13H7Cl5O. The lowest BCUT2D eigenvalue weighted by Gasteiger charge is -2.24. The van der Waals surface area contributed by atoms with Crippen molar-refractivity contribution < 1.29 is 5.11 Å². The molecule has 0 bridgehead atoms. The lowest BCUT2D eigenvalue weighted by Crippen LogP contribution is -2.20. The zero-order valence-corrected chi connectivity index (χ0v) is 13.1. The van der Waals surface area contributed by atoms with Crippen molar-refractivity contribution in [2.45, 2.75) is 5.06 Å². The van der Waals surface area contributed by atoms with Crippen LogP contribution in [0.4, 0.5) is 0 Å². The molecule has 0 amide bonds. The smallest absolute Gasteiger partial charge is 0.192 e. The van der Waals surface area contributed by atoms with E-state index in [1.165, 1.54) is 6.07 Å². The molecule has 2 aromatic rings. The van der Waals surface area contributed by atoms with Crippen LogP contribution in [0.2, 0.25) is 20.1 Å². The third kappa shape index (κ3) is 2.82. The molecule has 0 saturated carbocycles. The molecule has 0 heterocycles. The summed E-state index contributed by atoms with van der Waals surface area (Å²) in [7, 11) is 0. The first-order valence-corrected chi connectivity index (χ1v) is 7.05. The molecule has 1 atom stereocenters. The molecule has 0 spiro atoms. The summed E-state index contributed by atoms with van der Waals surface area (Å²) in [5, 5.41) is 9.08. The van der Waals surface area contributed by atoms with Crippen molar-refractivity contribution in [1.29, 1.82) is 0 Å². The van der Waals surface area contributed by atoms with Gasteiger partial charge in [-0.05, 0) is 6.07 Å². The summed E-state index contributed by atoms with van der Waals surface area (Å²) in [6, 6.07) is 10.0. The predicted octanol–water partition coefficient (Wildman–Crippen LogP) is 5.73. The van der Waals surface area contributed by atoms with E-state index in [-0.39, 0.29) is 25.7 Å². The number of halogens is 5. The summed E-state index contributed by atoms with van der Waals surface area (Å²) in [5.74, 6) is 0. The Morgan fingerprint density at radius 3 is 2.00 bits per heavy atom. The molecule has 1 unspecified atom stereocenters. The quantitative estimate of drug-likeness (QED) is 0.414. The summed E-state index contributed by atoms with van der Waals surface area (Å²) in [6.45, 7) is 0. The predicted molar refractivity (Wildman–Crippen MR) is 81.8 cm³/mol. The summed E-state index contributed by atoms with van der Waals surface area (Å²) >= 11 is 30.1. The first-order valence-electron chi connectivity index (χ1n) is 5.16. The summed E-state index contributed by atoms with van der Waals surface area (Å²) in [6.07, 6.45) is 0. The second kappa shape index (κ2) is 5.69. The van der Waals surface area contributed by atoms with Gasteiger partial charge >= 0.3 is 0 Å². The van der Waals surface area contributed by atoms with E-state index >= 15 is 0 Å². The molecule has 0 saturated heterocycles. The molecule has 100 valence electrons. The van der Waals surface area contributed by atoms with E-state index in [0.717, 1.165) is 0 Å². The van der Waals surface area contributed by atoms with Crippen LogP contribution in [0.15, 0.2) is 36.4 Å². The van der Waals surface area contributed by atoms with Crippen LogP contribution in [-0.2, 0) is 5.06 Å². The fourth-order valence-electron chi connectivity index (χ4n) is 1.63. The van der Waals surface area contributed by atoms with Gasteiger partial charge < -0.3 is 5.11 Å². The highest BCUT2D eigenvalue weighted by molar-refractivity contribution is 6.52. The lowest BCUT2D eigenvalue weighted by molar-refractivity contribution is 0.173. The lowest BCUT2D eigenvalue weighted by atomic mass is 10.0. The summed E-state index contributed by atoms with van der Waals surface area (Å²) in [4.78, 5) is 0. The van der Waals surface area contributed by atoms with E-state index < -0.39 is 5.06 Å². The monoisotopic (exact) mass is 354 g/mol. The van der Waals surface area contributed by atoms with E-state index in [0.29, 0.717) is 5.56 Å². The molecule has 1 N–H and O–H groups in total. The Bertz CT molecular complexity index is 610. The van der Waals surface area contributed by atoms with E-state index in [1.54, 1.807) is 30.3 Å². The molecule has 19 heavy (non-hydrogen) atoms. The van der Waals surface area contributed by atoms with E-state index in [1.807, 2.05) is 0 Å². The molecular weight excluding hydrogens is 349 g/mol. The van der Waals surface area contributed by atoms with Gasteiger partial charge in [-0.2, -0.15) is 0 Å². The first kappa shape index (κ1) is 15.2. The van der Waals surface area contributed by atoms with E-state index in [4.69, 9.17) is 58.0 Å². The third-order valence-electron chi connectivity index (χ3n) is 2.62. The van der Waals surface area contributed by atoms with Gasteiger partial charge in [0.15, 0.2) is 5.06 Å². The third-order valence-corrected chi connectivity index (χ3v) is 4.79. The Balaban J connectivity index is 2.65. The minimum atomic E-state index is -1.84. The van der Waals surface area contributed by atoms with Crippen LogP contribution in [0, 0.1) is 0 Å². The Labute approximate surface area is 135 Å². The molecule has 1 nitrogen and oxygen atoms in total.